The fourth-order valence-electron chi connectivity index (χ4n) is 3.32. The number of rotatable bonds is 3. The summed E-state index contributed by atoms with van der Waals surface area (Å²) in [5, 5.41) is 0.668. The van der Waals surface area contributed by atoms with Gasteiger partial charge >= 0.3 is 0 Å². The first-order valence-electron chi connectivity index (χ1n) is 8.07. The maximum atomic E-state index is 13.2. The summed E-state index contributed by atoms with van der Waals surface area (Å²) in [5.74, 6) is 0.179. The molecule has 130 valence electrons. The van der Waals surface area contributed by atoms with Crippen LogP contribution in [0, 0.1) is 6.92 Å². The molecular weight excluding hydrogens is 332 g/mol. The molecule has 6 nitrogen and oxygen atoms in total. The minimum atomic E-state index is -0.399. The number of fused-ring (bicyclic) bond motifs is 3. The van der Waals surface area contributed by atoms with Crippen LogP contribution in [0.3, 0.4) is 0 Å². The Balaban J connectivity index is 1.94. The van der Waals surface area contributed by atoms with Gasteiger partial charge in [-0.2, -0.15) is 0 Å². The van der Waals surface area contributed by atoms with Gasteiger partial charge in [-0.1, -0.05) is 18.2 Å². The number of nitrogens with zero attached hydrogens (tertiary/aromatic N) is 2. The van der Waals surface area contributed by atoms with Gasteiger partial charge in [-0.15, -0.1) is 0 Å². The summed E-state index contributed by atoms with van der Waals surface area (Å²) < 4.78 is 10.6. The second kappa shape index (κ2) is 5.84. The molecule has 0 radical (unpaired) electrons. The molecule has 0 atom stereocenters. The zero-order valence-electron chi connectivity index (χ0n) is 14.6. The minimum absolute atomic E-state index is 0.339. The van der Waals surface area contributed by atoms with Gasteiger partial charge in [-0.25, -0.2) is 4.90 Å². The number of amides is 2. The number of aromatic nitrogens is 1. The summed E-state index contributed by atoms with van der Waals surface area (Å²) >= 11 is 0. The topological polar surface area (TPSA) is 68.7 Å². The van der Waals surface area contributed by atoms with Crippen LogP contribution in [0.1, 0.15) is 26.4 Å². The number of imide groups is 1. The van der Waals surface area contributed by atoms with Gasteiger partial charge in [0.25, 0.3) is 11.8 Å². The van der Waals surface area contributed by atoms with Crippen molar-refractivity contribution in [3.63, 3.8) is 0 Å². The predicted octanol–water partition coefficient (Wildman–Crippen LogP) is 3.36. The molecule has 0 saturated heterocycles. The predicted molar refractivity (Wildman–Crippen MR) is 97.2 cm³/mol. The zero-order valence-corrected chi connectivity index (χ0v) is 14.6. The van der Waals surface area contributed by atoms with E-state index in [1.807, 2.05) is 18.2 Å². The lowest BCUT2D eigenvalue weighted by Crippen LogP contribution is -2.30. The molecule has 0 N–H and O–H groups in total. The normalized spacial score (nSPS) is 13.3. The Morgan fingerprint density at radius 2 is 1.65 bits per heavy atom. The number of hydrogen-bond acceptors (Lipinski definition) is 5. The molecular formula is C20H16N2O4. The van der Waals surface area contributed by atoms with Crippen molar-refractivity contribution in [3.05, 3.63) is 59.3 Å². The van der Waals surface area contributed by atoms with Crippen LogP contribution in [0.2, 0.25) is 0 Å². The maximum Gasteiger partial charge on any atom is 0.268 e. The first-order chi connectivity index (χ1) is 12.6. The van der Waals surface area contributed by atoms with Crippen LogP contribution in [0.25, 0.3) is 10.9 Å². The number of anilines is 1. The van der Waals surface area contributed by atoms with Crippen molar-refractivity contribution in [1.29, 1.82) is 0 Å². The van der Waals surface area contributed by atoms with Crippen molar-refractivity contribution < 1.29 is 19.1 Å². The van der Waals surface area contributed by atoms with E-state index in [0.29, 0.717) is 44.9 Å². The second-order valence-electron chi connectivity index (χ2n) is 5.95. The van der Waals surface area contributed by atoms with Crippen molar-refractivity contribution >= 4 is 28.4 Å². The fourth-order valence-corrected chi connectivity index (χ4v) is 3.32. The number of aryl methyl sites for hydroxylation is 1. The van der Waals surface area contributed by atoms with Crippen LogP contribution in [0.4, 0.5) is 5.69 Å². The molecule has 1 aliphatic heterocycles. The van der Waals surface area contributed by atoms with Gasteiger partial charge in [0.1, 0.15) is 11.5 Å². The monoisotopic (exact) mass is 348 g/mol. The smallest absolute Gasteiger partial charge is 0.268 e. The second-order valence-corrected chi connectivity index (χ2v) is 5.95. The Kier molecular flexibility index (Phi) is 3.61. The third-order valence-corrected chi connectivity index (χ3v) is 4.54. The van der Waals surface area contributed by atoms with E-state index >= 15 is 0 Å². The van der Waals surface area contributed by atoms with E-state index in [1.165, 1.54) is 14.2 Å². The van der Waals surface area contributed by atoms with Crippen molar-refractivity contribution in [2.24, 2.45) is 0 Å². The molecule has 1 aliphatic rings. The summed E-state index contributed by atoms with van der Waals surface area (Å²) in [6.07, 6.45) is 0. The molecule has 0 spiro atoms. The lowest BCUT2D eigenvalue weighted by atomic mass is 10.0. The summed E-state index contributed by atoms with van der Waals surface area (Å²) in [6.45, 7) is 1.74. The van der Waals surface area contributed by atoms with Crippen LogP contribution >= 0.6 is 0 Å². The fraction of sp³-hybridized carbons (Fsp3) is 0.150. The van der Waals surface area contributed by atoms with E-state index in [-0.39, 0.29) is 5.91 Å². The average molecular weight is 348 g/mol. The molecule has 1 aromatic heterocycles. The van der Waals surface area contributed by atoms with E-state index < -0.39 is 5.91 Å². The highest BCUT2D eigenvalue weighted by molar-refractivity contribution is 6.38. The maximum absolute atomic E-state index is 13.2. The summed E-state index contributed by atoms with van der Waals surface area (Å²) in [4.78, 5) is 31.9. The van der Waals surface area contributed by atoms with Gasteiger partial charge in [0.15, 0.2) is 0 Å². The highest BCUT2D eigenvalue weighted by Crippen LogP contribution is 2.39. The molecule has 3 aromatic rings. The Hall–Kier alpha value is -3.41. The van der Waals surface area contributed by atoms with E-state index in [0.717, 1.165) is 4.90 Å². The Morgan fingerprint density at radius 1 is 0.923 bits per heavy atom. The number of carbonyl (C=O) groups is 2. The number of methoxy groups -OCH3 is 2. The lowest BCUT2D eigenvalue weighted by molar-refractivity contribution is 0.0925. The molecule has 26 heavy (non-hydrogen) atoms. The Morgan fingerprint density at radius 3 is 2.38 bits per heavy atom. The van der Waals surface area contributed by atoms with Gasteiger partial charge in [0.2, 0.25) is 0 Å². The molecule has 0 bridgehead atoms. The quantitative estimate of drug-likeness (QED) is 0.679. The van der Waals surface area contributed by atoms with Crippen molar-refractivity contribution in [2.75, 3.05) is 19.1 Å². The average Bonchev–Trinajstić information content (AvgIpc) is 2.93. The van der Waals surface area contributed by atoms with Gasteiger partial charge in [-0.3, -0.25) is 14.6 Å². The number of para-hydroxylation sites is 1. The van der Waals surface area contributed by atoms with Crippen molar-refractivity contribution in [3.8, 4) is 11.5 Å². The first-order valence-corrected chi connectivity index (χ1v) is 8.07. The highest BCUT2D eigenvalue weighted by Gasteiger charge is 2.41. The molecule has 0 aliphatic carbocycles. The lowest BCUT2D eigenvalue weighted by Gasteiger charge is -2.18. The molecule has 2 aromatic carbocycles. The van der Waals surface area contributed by atoms with Crippen LogP contribution in [0.5, 0.6) is 11.5 Å². The molecule has 2 heterocycles. The van der Waals surface area contributed by atoms with E-state index in [1.54, 1.807) is 31.2 Å². The first kappa shape index (κ1) is 16.1. The van der Waals surface area contributed by atoms with Crippen LogP contribution in [0.15, 0.2) is 42.5 Å². The molecule has 0 fully saturated rings. The molecule has 4 rings (SSSR count). The molecule has 6 heteroatoms. The minimum Gasteiger partial charge on any atom is -0.497 e. The van der Waals surface area contributed by atoms with Gasteiger partial charge < -0.3 is 9.47 Å². The number of carbonyl (C=O) groups excluding carboxylic acids is 2. The van der Waals surface area contributed by atoms with Crippen LogP contribution < -0.4 is 14.4 Å². The summed E-state index contributed by atoms with van der Waals surface area (Å²) in [6, 6.07) is 12.3. The van der Waals surface area contributed by atoms with Crippen molar-refractivity contribution in [2.45, 2.75) is 6.92 Å². The van der Waals surface area contributed by atoms with Crippen LogP contribution in [-0.2, 0) is 0 Å². The standard InChI is InChI=1S/C20H16N2O4/c1-11-17-18(13-6-4-5-7-14(13)21-11)20(24)22(19(17)23)15-9-8-12(25-2)10-16(15)26-3/h4-10H,1-3H3. The Bertz CT molecular complexity index is 1070. The highest BCUT2D eigenvalue weighted by atomic mass is 16.5. The largest absolute Gasteiger partial charge is 0.497 e. The zero-order chi connectivity index (χ0) is 18.4. The molecule has 0 unspecified atom stereocenters. The summed E-state index contributed by atoms with van der Waals surface area (Å²) in [5.41, 5.74) is 2.32. The SMILES string of the molecule is COc1ccc(N2C(=O)c3c(C)nc4ccccc4c3C2=O)c(OC)c1. The van der Waals surface area contributed by atoms with Gasteiger partial charge in [-0.05, 0) is 25.1 Å². The van der Waals surface area contributed by atoms with Crippen LogP contribution in [-0.4, -0.2) is 31.0 Å². The molecule has 0 saturated carbocycles. The van der Waals surface area contributed by atoms with Crippen molar-refractivity contribution in [1.82, 2.24) is 4.98 Å². The number of hydrogen-bond donors (Lipinski definition) is 0. The van der Waals surface area contributed by atoms with Gasteiger partial charge in [0.05, 0.1) is 42.2 Å². The van der Waals surface area contributed by atoms with E-state index in [9.17, 15) is 9.59 Å². The Labute approximate surface area is 150 Å². The number of pyridine rings is 1. The summed E-state index contributed by atoms with van der Waals surface area (Å²) in [7, 11) is 3.02. The third kappa shape index (κ3) is 2.15. The number of benzene rings is 2. The van der Waals surface area contributed by atoms with E-state index in [2.05, 4.69) is 4.98 Å². The third-order valence-electron chi connectivity index (χ3n) is 4.54. The number of ether oxygens (including phenoxy) is 2. The van der Waals surface area contributed by atoms with E-state index in [4.69, 9.17) is 9.47 Å². The molecule has 2 amide bonds. The van der Waals surface area contributed by atoms with Gasteiger partial charge in [0, 0.05) is 11.5 Å².